The van der Waals surface area contributed by atoms with E-state index in [4.69, 9.17) is 16.3 Å². The van der Waals surface area contributed by atoms with Crippen LogP contribution in [0.15, 0.2) is 54.6 Å². The van der Waals surface area contributed by atoms with Crippen LogP contribution < -0.4 is 10.1 Å². The number of nitriles is 1. The standard InChI is InChI=1S/C28H31ClN2O5/c1-18-27(25(32)33,14-7-11-20-9-4-5-13-23(20)36-3)24(21-10-6-12-22(29)17-21)28(26(34)35,15-8-16-30)19(2)31-18/h4-7,9-13,17-19,24,31H,8,14-15H2,1-3H3,(H,32,33)(H,34,35). The molecule has 7 nitrogen and oxygen atoms in total. The van der Waals surface area contributed by atoms with Crippen molar-refractivity contribution in [3.63, 3.8) is 0 Å². The average Bonchev–Trinajstić information content (AvgIpc) is 2.84. The summed E-state index contributed by atoms with van der Waals surface area (Å²) >= 11 is 6.31. The van der Waals surface area contributed by atoms with Crippen molar-refractivity contribution < 1.29 is 24.5 Å². The SMILES string of the molecule is COc1ccccc1C=CCC1(C(=O)O)C(C)NC(C)C(CCC#N)(C(=O)O)C1c1cccc(Cl)c1. The van der Waals surface area contributed by atoms with Crippen molar-refractivity contribution in [1.82, 2.24) is 5.32 Å². The summed E-state index contributed by atoms with van der Waals surface area (Å²) in [7, 11) is 1.56. The van der Waals surface area contributed by atoms with Gasteiger partial charge in [-0.1, -0.05) is 54.1 Å². The predicted molar refractivity (Wildman–Crippen MR) is 138 cm³/mol. The lowest BCUT2D eigenvalue weighted by molar-refractivity contribution is -0.172. The number of nitrogens with zero attached hydrogens (tertiary/aromatic N) is 1. The minimum Gasteiger partial charge on any atom is -0.496 e. The number of hydrogen-bond donors (Lipinski definition) is 3. The summed E-state index contributed by atoms with van der Waals surface area (Å²) in [4.78, 5) is 26.3. The van der Waals surface area contributed by atoms with Crippen molar-refractivity contribution in [2.45, 2.75) is 51.1 Å². The molecule has 8 heteroatoms. The maximum absolute atomic E-state index is 13.2. The van der Waals surface area contributed by atoms with Crippen molar-refractivity contribution >= 4 is 29.6 Å². The number of carboxylic acids is 2. The predicted octanol–water partition coefficient (Wildman–Crippen LogP) is 5.36. The van der Waals surface area contributed by atoms with Gasteiger partial charge in [-0.15, -0.1) is 0 Å². The fourth-order valence-corrected chi connectivity index (χ4v) is 6.03. The first-order valence-corrected chi connectivity index (χ1v) is 12.2. The van der Waals surface area contributed by atoms with Crippen molar-refractivity contribution in [3.8, 4) is 11.8 Å². The molecule has 190 valence electrons. The van der Waals surface area contributed by atoms with Gasteiger partial charge in [0.2, 0.25) is 0 Å². The van der Waals surface area contributed by atoms with Crippen LogP contribution in [0.25, 0.3) is 6.08 Å². The molecule has 3 rings (SSSR count). The summed E-state index contributed by atoms with van der Waals surface area (Å²) in [6.07, 6.45) is 3.55. The maximum atomic E-state index is 13.2. The van der Waals surface area contributed by atoms with Crippen LogP contribution in [0.1, 0.15) is 50.2 Å². The Morgan fingerprint density at radius 3 is 2.39 bits per heavy atom. The van der Waals surface area contributed by atoms with Gasteiger partial charge in [-0.05, 0) is 50.5 Å². The largest absolute Gasteiger partial charge is 0.496 e. The Morgan fingerprint density at radius 2 is 1.78 bits per heavy atom. The molecule has 0 bridgehead atoms. The van der Waals surface area contributed by atoms with Crippen LogP contribution in [-0.2, 0) is 9.59 Å². The number of benzene rings is 2. The normalized spacial score (nSPS) is 27.9. The molecule has 2 aromatic rings. The third-order valence-electron chi connectivity index (χ3n) is 7.60. The van der Waals surface area contributed by atoms with Crippen LogP contribution in [0, 0.1) is 22.2 Å². The number of carbonyl (C=O) groups is 2. The third kappa shape index (κ3) is 4.71. The van der Waals surface area contributed by atoms with Crippen LogP contribution in [0.5, 0.6) is 5.75 Å². The fraction of sp³-hybridized carbons (Fsp3) is 0.393. The van der Waals surface area contributed by atoms with Crippen LogP contribution in [0.3, 0.4) is 0 Å². The van der Waals surface area contributed by atoms with Crippen molar-refractivity contribution in [2.75, 3.05) is 7.11 Å². The molecule has 36 heavy (non-hydrogen) atoms. The molecule has 3 N–H and O–H groups in total. The van der Waals surface area contributed by atoms with E-state index >= 15 is 0 Å². The number of piperidine rings is 1. The first-order chi connectivity index (χ1) is 17.1. The molecule has 0 spiro atoms. The van der Waals surface area contributed by atoms with Gasteiger partial charge in [-0.3, -0.25) is 9.59 Å². The molecule has 0 aliphatic carbocycles. The van der Waals surface area contributed by atoms with Crippen molar-refractivity contribution in [2.24, 2.45) is 10.8 Å². The Labute approximate surface area is 216 Å². The number of ether oxygens (including phenoxy) is 1. The summed E-state index contributed by atoms with van der Waals surface area (Å²) in [6, 6.07) is 15.0. The lowest BCUT2D eigenvalue weighted by atomic mass is 9.49. The highest BCUT2D eigenvalue weighted by molar-refractivity contribution is 6.30. The molecular formula is C28H31ClN2O5. The van der Waals surface area contributed by atoms with Gasteiger partial charge >= 0.3 is 11.9 Å². The van der Waals surface area contributed by atoms with Gasteiger partial charge in [0.25, 0.3) is 0 Å². The zero-order valence-corrected chi connectivity index (χ0v) is 21.3. The Bertz CT molecular complexity index is 1190. The summed E-state index contributed by atoms with van der Waals surface area (Å²) in [6.45, 7) is 3.52. The first-order valence-electron chi connectivity index (χ1n) is 11.8. The van der Waals surface area contributed by atoms with E-state index in [0.29, 0.717) is 16.3 Å². The second-order valence-corrected chi connectivity index (χ2v) is 9.73. The number of hydrogen-bond acceptors (Lipinski definition) is 5. The lowest BCUT2D eigenvalue weighted by Crippen LogP contribution is -2.69. The fourth-order valence-electron chi connectivity index (χ4n) is 5.83. The number of para-hydroxylation sites is 1. The highest BCUT2D eigenvalue weighted by Gasteiger charge is 2.66. The topological polar surface area (TPSA) is 120 Å². The van der Waals surface area contributed by atoms with Gasteiger partial charge in [0.05, 0.1) is 24.0 Å². The second kappa shape index (κ2) is 11.2. The number of aliphatic carboxylic acids is 2. The third-order valence-corrected chi connectivity index (χ3v) is 7.83. The molecule has 1 fully saturated rings. The molecule has 5 atom stereocenters. The van der Waals surface area contributed by atoms with E-state index in [9.17, 15) is 25.1 Å². The molecule has 1 heterocycles. The number of carboxylic acid groups (broad SMARTS) is 2. The van der Waals surface area contributed by atoms with E-state index in [2.05, 4.69) is 11.4 Å². The van der Waals surface area contributed by atoms with Gasteiger partial charge < -0.3 is 20.3 Å². The van der Waals surface area contributed by atoms with E-state index in [1.807, 2.05) is 24.3 Å². The van der Waals surface area contributed by atoms with Gasteiger partial charge in [-0.25, -0.2) is 0 Å². The van der Waals surface area contributed by atoms with Crippen LogP contribution in [0.4, 0.5) is 0 Å². The quantitative estimate of drug-likeness (QED) is 0.415. The molecule has 1 aliphatic rings. The lowest BCUT2D eigenvalue weighted by Gasteiger charge is -2.57. The highest BCUT2D eigenvalue weighted by Crippen LogP contribution is 2.59. The summed E-state index contributed by atoms with van der Waals surface area (Å²) < 4.78 is 5.41. The number of allylic oxidation sites excluding steroid dienone is 1. The molecule has 5 unspecified atom stereocenters. The summed E-state index contributed by atoms with van der Waals surface area (Å²) in [5, 5.41) is 34.4. The molecule has 1 saturated heterocycles. The Morgan fingerprint density at radius 1 is 1.11 bits per heavy atom. The second-order valence-electron chi connectivity index (χ2n) is 9.30. The van der Waals surface area contributed by atoms with Crippen LogP contribution in [0.2, 0.25) is 5.02 Å². The van der Waals surface area contributed by atoms with E-state index in [-0.39, 0.29) is 19.3 Å². The van der Waals surface area contributed by atoms with Crippen molar-refractivity contribution in [1.29, 1.82) is 5.26 Å². The van der Waals surface area contributed by atoms with E-state index in [1.54, 1.807) is 57.4 Å². The first kappa shape index (κ1) is 27.3. The molecule has 2 aromatic carbocycles. The van der Waals surface area contributed by atoms with Crippen LogP contribution >= 0.6 is 11.6 Å². The van der Waals surface area contributed by atoms with Gasteiger partial charge in [0.1, 0.15) is 5.75 Å². The molecule has 0 aromatic heterocycles. The Hall–Kier alpha value is -3.34. The van der Waals surface area contributed by atoms with E-state index in [1.165, 1.54) is 0 Å². The summed E-state index contributed by atoms with van der Waals surface area (Å²) in [5.74, 6) is -2.59. The van der Waals surface area contributed by atoms with Crippen molar-refractivity contribution in [3.05, 3.63) is 70.8 Å². The smallest absolute Gasteiger partial charge is 0.312 e. The van der Waals surface area contributed by atoms with E-state index < -0.39 is 40.8 Å². The highest BCUT2D eigenvalue weighted by atomic mass is 35.5. The van der Waals surface area contributed by atoms with Gasteiger partial charge in [0, 0.05) is 35.0 Å². The Kier molecular flexibility index (Phi) is 8.44. The van der Waals surface area contributed by atoms with Gasteiger partial charge in [-0.2, -0.15) is 5.26 Å². The number of nitrogens with one attached hydrogen (secondary N) is 1. The zero-order valence-electron chi connectivity index (χ0n) is 20.6. The van der Waals surface area contributed by atoms with E-state index in [0.717, 1.165) is 5.56 Å². The number of rotatable bonds is 9. The number of methoxy groups -OCH3 is 1. The minimum absolute atomic E-state index is 0.0118. The average molecular weight is 511 g/mol. The summed E-state index contributed by atoms with van der Waals surface area (Å²) in [5.41, 5.74) is -1.82. The van der Waals surface area contributed by atoms with Gasteiger partial charge in [0.15, 0.2) is 0 Å². The molecule has 1 aliphatic heterocycles. The monoisotopic (exact) mass is 510 g/mol. The van der Waals surface area contributed by atoms with Crippen LogP contribution in [-0.4, -0.2) is 41.3 Å². The minimum atomic E-state index is -1.57. The Balaban J connectivity index is 2.26. The molecule has 0 saturated carbocycles. The number of halogens is 1. The zero-order chi connectivity index (χ0) is 26.5. The molecule has 0 radical (unpaired) electrons. The maximum Gasteiger partial charge on any atom is 0.312 e. The molecular weight excluding hydrogens is 480 g/mol. The molecule has 0 amide bonds.